The van der Waals surface area contributed by atoms with Crippen LogP contribution < -0.4 is 14.8 Å². The molecule has 0 aliphatic heterocycles. The van der Waals surface area contributed by atoms with Crippen molar-refractivity contribution < 1.29 is 24.2 Å². The Morgan fingerprint density at radius 2 is 1.56 bits per heavy atom. The van der Waals surface area contributed by atoms with Crippen molar-refractivity contribution in [1.29, 1.82) is 0 Å². The smallest absolute Gasteiger partial charge is 0.336 e. The average molecular weight is 341 g/mol. The average Bonchev–Trinajstić information content (AvgIpc) is 2.59. The summed E-state index contributed by atoms with van der Waals surface area (Å²) >= 11 is 0. The minimum Gasteiger partial charge on any atom is -0.497 e. The molecule has 0 saturated heterocycles. The first-order chi connectivity index (χ1) is 11.9. The van der Waals surface area contributed by atoms with Gasteiger partial charge in [-0.25, -0.2) is 4.79 Å². The molecule has 0 fully saturated rings. The second-order valence-corrected chi connectivity index (χ2v) is 5.27. The Labute approximate surface area is 145 Å². The van der Waals surface area contributed by atoms with Crippen LogP contribution in [0.1, 0.15) is 18.1 Å². The van der Waals surface area contributed by atoms with E-state index >= 15 is 0 Å². The number of rotatable bonds is 6. The Morgan fingerprint density at radius 3 is 2.00 bits per heavy atom. The molecule has 2 N–H and O–H groups in total. The van der Waals surface area contributed by atoms with E-state index in [0.29, 0.717) is 28.3 Å². The summed E-state index contributed by atoms with van der Waals surface area (Å²) in [7, 11) is 3.06. The topological polar surface area (TPSA) is 84.9 Å². The summed E-state index contributed by atoms with van der Waals surface area (Å²) in [5.74, 6) is -0.119. The maximum atomic E-state index is 11.7. The highest BCUT2D eigenvalue weighted by Crippen LogP contribution is 2.27. The molecule has 130 valence electrons. The number of amides is 1. The fraction of sp³-hybridized carbons (Fsp3) is 0.158. The number of benzene rings is 2. The number of nitrogens with one attached hydrogen (secondary N) is 1. The van der Waals surface area contributed by atoms with E-state index < -0.39 is 5.97 Å². The van der Waals surface area contributed by atoms with Crippen molar-refractivity contribution in [2.75, 3.05) is 19.5 Å². The summed E-state index contributed by atoms with van der Waals surface area (Å²) in [6.07, 6.45) is 1.54. The van der Waals surface area contributed by atoms with Crippen LogP contribution in [-0.4, -0.2) is 31.2 Å². The van der Waals surface area contributed by atoms with E-state index in [-0.39, 0.29) is 11.5 Å². The first kappa shape index (κ1) is 18.1. The highest BCUT2D eigenvalue weighted by Gasteiger charge is 2.12. The van der Waals surface area contributed by atoms with Crippen molar-refractivity contribution >= 4 is 29.2 Å². The van der Waals surface area contributed by atoms with Gasteiger partial charge in [0.25, 0.3) is 0 Å². The van der Waals surface area contributed by atoms with Gasteiger partial charge in [0.05, 0.1) is 19.8 Å². The molecule has 0 aliphatic carbocycles. The second-order valence-electron chi connectivity index (χ2n) is 5.27. The highest BCUT2D eigenvalue weighted by atomic mass is 16.5. The van der Waals surface area contributed by atoms with Crippen molar-refractivity contribution in [2.24, 2.45) is 0 Å². The normalized spacial score (nSPS) is 10.9. The first-order valence-corrected chi connectivity index (χ1v) is 7.49. The van der Waals surface area contributed by atoms with Crippen molar-refractivity contribution in [1.82, 2.24) is 0 Å². The van der Waals surface area contributed by atoms with E-state index in [1.807, 2.05) is 0 Å². The number of carbonyl (C=O) groups is 2. The molecule has 0 unspecified atom stereocenters. The lowest BCUT2D eigenvalue weighted by Gasteiger charge is -2.08. The van der Waals surface area contributed by atoms with Gasteiger partial charge in [-0.05, 0) is 41.5 Å². The van der Waals surface area contributed by atoms with Gasteiger partial charge in [0.2, 0.25) is 5.91 Å². The maximum Gasteiger partial charge on any atom is 0.336 e. The predicted octanol–water partition coefficient (Wildman–Crippen LogP) is 3.29. The van der Waals surface area contributed by atoms with Crippen molar-refractivity contribution in [3.8, 4) is 11.5 Å². The molecule has 0 heterocycles. The fourth-order valence-corrected chi connectivity index (χ4v) is 2.28. The number of hydrogen-bond donors (Lipinski definition) is 2. The summed E-state index contributed by atoms with van der Waals surface area (Å²) in [6, 6.07) is 11.7. The number of ether oxygens (including phenoxy) is 2. The molecule has 0 spiro atoms. The Morgan fingerprint density at radius 1 is 1.00 bits per heavy atom. The monoisotopic (exact) mass is 341 g/mol. The summed E-state index contributed by atoms with van der Waals surface area (Å²) < 4.78 is 10.4. The number of carbonyl (C=O) groups excluding carboxylic acids is 1. The van der Waals surface area contributed by atoms with Crippen LogP contribution in [0.15, 0.2) is 42.5 Å². The number of carboxylic acid groups (broad SMARTS) is 1. The Bertz CT molecular complexity index is 787. The standard InChI is InChI=1S/C19H19NO5/c1-12(21)20-15-6-4-14(5-7-15)18(19(22)23)10-13-8-16(24-2)11-17(9-13)25-3/h4-11H,1-3H3,(H,20,21)(H,22,23)/b18-10-. The predicted molar refractivity (Wildman–Crippen MR) is 95.8 cm³/mol. The van der Waals surface area contributed by atoms with Gasteiger partial charge in [-0.15, -0.1) is 0 Å². The van der Waals surface area contributed by atoms with E-state index in [2.05, 4.69) is 5.32 Å². The molecule has 0 atom stereocenters. The molecule has 0 radical (unpaired) electrons. The van der Waals surface area contributed by atoms with Crippen LogP contribution in [0.25, 0.3) is 11.6 Å². The van der Waals surface area contributed by atoms with Crippen LogP contribution in [-0.2, 0) is 9.59 Å². The van der Waals surface area contributed by atoms with Crippen molar-refractivity contribution in [3.63, 3.8) is 0 Å². The second kappa shape index (κ2) is 8.01. The summed E-state index contributed by atoms with van der Waals surface area (Å²) in [6.45, 7) is 1.41. The number of anilines is 1. The molecule has 0 bridgehead atoms. The lowest BCUT2D eigenvalue weighted by molar-refractivity contribution is -0.130. The van der Waals surface area contributed by atoms with Gasteiger partial charge in [-0.2, -0.15) is 0 Å². The largest absolute Gasteiger partial charge is 0.497 e. The molecule has 2 rings (SSSR count). The molecule has 2 aromatic carbocycles. The van der Waals surface area contributed by atoms with Crippen LogP contribution in [0.3, 0.4) is 0 Å². The quantitative estimate of drug-likeness (QED) is 0.622. The third-order valence-corrected chi connectivity index (χ3v) is 3.43. The molecule has 6 nitrogen and oxygen atoms in total. The Balaban J connectivity index is 2.42. The van der Waals surface area contributed by atoms with E-state index in [9.17, 15) is 14.7 Å². The SMILES string of the molecule is COc1cc(/C=C(\C(=O)O)c2ccc(NC(C)=O)cc2)cc(OC)c1. The fourth-order valence-electron chi connectivity index (χ4n) is 2.28. The summed E-state index contributed by atoms with van der Waals surface area (Å²) in [4.78, 5) is 22.7. The van der Waals surface area contributed by atoms with Gasteiger partial charge < -0.3 is 19.9 Å². The van der Waals surface area contributed by atoms with Gasteiger partial charge in [0, 0.05) is 18.7 Å². The number of carboxylic acids is 1. The third-order valence-electron chi connectivity index (χ3n) is 3.43. The van der Waals surface area contributed by atoms with Crippen LogP contribution in [0.5, 0.6) is 11.5 Å². The number of hydrogen-bond acceptors (Lipinski definition) is 4. The van der Waals surface area contributed by atoms with Gasteiger partial charge in [0.1, 0.15) is 11.5 Å². The molecular formula is C19H19NO5. The van der Waals surface area contributed by atoms with E-state index in [4.69, 9.17) is 9.47 Å². The zero-order valence-electron chi connectivity index (χ0n) is 14.2. The molecule has 6 heteroatoms. The molecule has 0 saturated carbocycles. The Kier molecular flexibility index (Phi) is 5.79. The van der Waals surface area contributed by atoms with Crippen molar-refractivity contribution in [3.05, 3.63) is 53.6 Å². The van der Waals surface area contributed by atoms with E-state index in [1.54, 1.807) is 48.5 Å². The number of aliphatic carboxylic acids is 1. The zero-order valence-corrected chi connectivity index (χ0v) is 14.2. The van der Waals surface area contributed by atoms with E-state index in [1.165, 1.54) is 21.1 Å². The van der Waals surface area contributed by atoms with Crippen LogP contribution in [0.4, 0.5) is 5.69 Å². The van der Waals surface area contributed by atoms with Gasteiger partial charge in [-0.1, -0.05) is 12.1 Å². The lowest BCUT2D eigenvalue weighted by Crippen LogP contribution is -2.06. The zero-order chi connectivity index (χ0) is 18.4. The molecule has 25 heavy (non-hydrogen) atoms. The molecule has 2 aromatic rings. The van der Waals surface area contributed by atoms with E-state index in [0.717, 1.165) is 0 Å². The first-order valence-electron chi connectivity index (χ1n) is 7.49. The van der Waals surface area contributed by atoms with Crippen LogP contribution >= 0.6 is 0 Å². The number of methoxy groups -OCH3 is 2. The molecular weight excluding hydrogens is 322 g/mol. The molecule has 1 amide bonds. The Hall–Kier alpha value is -3.28. The highest BCUT2D eigenvalue weighted by molar-refractivity contribution is 6.20. The minimum absolute atomic E-state index is 0.115. The van der Waals surface area contributed by atoms with Gasteiger partial charge in [0.15, 0.2) is 0 Å². The molecule has 0 aromatic heterocycles. The minimum atomic E-state index is -1.06. The maximum absolute atomic E-state index is 11.7. The summed E-state index contributed by atoms with van der Waals surface area (Å²) in [5.41, 5.74) is 1.87. The van der Waals surface area contributed by atoms with Gasteiger partial charge in [-0.3, -0.25) is 4.79 Å². The lowest BCUT2D eigenvalue weighted by atomic mass is 10.0. The summed E-state index contributed by atoms with van der Waals surface area (Å²) in [5, 5.41) is 12.2. The van der Waals surface area contributed by atoms with Crippen LogP contribution in [0.2, 0.25) is 0 Å². The van der Waals surface area contributed by atoms with Crippen LogP contribution in [0, 0.1) is 0 Å². The van der Waals surface area contributed by atoms with Gasteiger partial charge >= 0.3 is 5.97 Å². The third kappa shape index (κ3) is 4.84. The molecule has 0 aliphatic rings. The van der Waals surface area contributed by atoms with Crippen molar-refractivity contribution in [2.45, 2.75) is 6.92 Å².